The number of piperazine rings is 1. The number of hydrogen-bond donors (Lipinski definition) is 2. The summed E-state index contributed by atoms with van der Waals surface area (Å²) in [5, 5.41) is 3.33. The van der Waals surface area contributed by atoms with Crippen molar-refractivity contribution >= 4 is 44.8 Å². The number of carbonyl (C=O) groups excluding carboxylic acids is 1. The molecule has 1 aliphatic rings. The monoisotopic (exact) mass is 472 g/mol. The van der Waals surface area contributed by atoms with Crippen molar-refractivity contribution in [3.05, 3.63) is 52.0 Å². The predicted molar refractivity (Wildman–Crippen MR) is 117 cm³/mol. The van der Waals surface area contributed by atoms with Crippen LogP contribution >= 0.6 is 23.2 Å². The van der Waals surface area contributed by atoms with Crippen LogP contribution in [0.3, 0.4) is 0 Å². The Morgan fingerprint density at radius 2 is 1.87 bits per heavy atom. The van der Waals surface area contributed by atoms with Gasteiger partial charge in [0.15, 0.2) is 6.54 Å². The first-order chi connectivity index (χ1) is 14.2. The molecule has 1 amide bonds. The van der Waals surface area contributed by atoms with E-state index in [1.54, 1.807) is 13.2 Å². The number of ether oxygens (including phenoxy) is 1. The summed E-state index contributed by atoms with van der Waals surface area (Å²) in [6.07, 6.45) is 0. The van der Waals surface area contributed by atoms with Gasteiger partial charge in [-0.25, -0.2) is 8.42 Å². The third-order valence-electron chi connectivity index (χ3n) is 4.98. The van der Waals surface area contributed by atoms with E-state index in [9.17, 15) is 13.2 Å². The van der Waals surface area contributed by atoms with Crippen molar-refractivity contribution in [2.75, 3.05) is 45.2 Å². The smallest absolute Gasteiger partial charge is 0.279 e. The van der Waals surface area contributed by atoms with Gasteiger partial charge >= 0.3 is 0 Å². The second-order valence-corrected chi connectivity index (χ2v) is 9.91. The summed E-state index contributed by atoms with van der Waals surface area (Å²) in [7, 11) is -2.19. The topological polar surface area (TPSA) is 80.2 Å². The van der Waals surface area contributed by atoms with E-state index < -0.39 is 10.0 Å². The summed E-state index contributed by atoms with van der Waals surface area (Å²) in [5.41, 5.74) is 1.63. The number of amides is 1. The van der Waals surface area contributed by atoms with Gasteiger partial charge in [0.2, 0.25) is 10.0 Å². The predicted octanol–water partition coefficient (Wildman–Crippen LogP) is 1.84. The Hall–Kier alpha value is -1.84. The molecule has 0 atom stereocenters. The Balaban J connectivity index is 1.60. The zero-order chi connectivity index (χ0) is 21.9. The van der Waals surface area contributed by atoms with Crippen LogP contribution in [0.4, 0.5) is 5.69 Å². The molecule has 2 aromatic rings. The molecule has 0 unspecified atom stereocenters. The molecule has 162 valence electrons. The largest absolute Gasteiger partial charge is 0.495 e. The van der Waals surface area contributed by atoms with Crippen molar-refractivity contribution < 1.29 is 22.8 Å². The molecule has 0 saturated carbocycles. The number of sulfonamides is 1. The fraction of sp³-hybridized carbons (Fsp3) is 0.350. The highest BCUT2D eigenvalue weighted by molar-refractivity contribution is 7.89. The number of rotatable bonds is 6. The molecule has 0 aliphatic carbocycles. The number of carbonyl (C=O) groups is 1. The minimum Gasteiger partial charge on any atom is -0.495 e. The number of nitrogens with one attached hydrogen (secondary N) is 2. The number of nitrogens with zero attached hydrogens (tertiary/aromatic N) is 1. The molecule has 0 aromatic heterocycles. The van der Waals surface area contributed by atoms with E-state index in [-0.39, 0.29) is 22.4 Å². The first-order valence-corrected chi connectivity index (χ1v) is 11.6. The van der Waals surface area contributed by atoms with E-state index in [4.69, 9.17) is 27.9 Å². The van der Waals surface area contributed by atoms with E-state index in [1.165, 1.54) is 16.4 Å². The standard InChI is InChI=1S/C20H23Cl2N3O4S/c1-14-3-6-18(29-2)17(11-14)23-20(26)13-24-7-9-25(10-8-24)30(27,28)19-12-15(21)4-5-16(19)22/h3-6,11-12H,7-10,13H2,1-2H3,(H,23,26)/p+1. The highest BCUT2D eigenvalue weighted by Gasteiger charge is 2.32. The maximum Gasteiger partial charge on any atom is 0.279 e. The number of anilines is 1. The van der Waals surface area contributed by atoms with E-state index in [0.717, 1.165) is 10.5 Å². The van der Waals surface area contributed by atoms with Crippen LogP contribution < -0.4 is 15.0 Å². The maximum atomic E-state index is 12.9. The lowest BCUT2D eigenvalue weighted by Gasteiger charge is -2.31. The molecular weight excluding hydrogens is 449 g/mol. The molecule has 30 heavy (non-hydrogen) atoms. The molecule has 1 aliphatic heterocycles. The van der Waals surface area contributed by atoms with Gasteiger partial charge in [-0.05, 0) is 42.8 Å². The first-order valence-electron chi connectivity index (χ1n) is 9.44. The third-order valence-corrected chi connectivity index (χ3v) is 7.60. The Kier molecular flexibility index (Phi) is 7.26. The van der Waals surface area contributed by atoms with Crippen molar-refractivity contribution in [2.45, 2.75) is 11.8 Å². The van der Waals surface area contributed by atoms with E-state index in [0.29, 0.717) is 42.6 Å². The molecule has 10 heteroatoms. The summed E-state index contributed by atoms with van der Waals surface area (Å²) < 4.78 is 32.5. The van der Waals surface area contributed by atoms with Gasteiger partial charge in [0.25, 0.3) is 5.91 Å². The van der Waals surface area contributed by atoms with Gasteiger partial charge in [0.1, 0.15) is 10.6 Å². The van der Waals surface area contributed by atoms with Crippen LogP contribution in [0.15, 0.2) is 41.3 Å². The molecule has 2 aromatic carbocycles. The van der Waals surface area contributed by atoms with Gasteiger partial charge in [-0.3, -0.25) is 4.79 Å². The molecule has 0 bridgehead atoms. The molecule has 1 heterocycles. The summed E-state index contributed by atoms with van der Waals surface area (Å²) in [4.78, 5) is 13.5. The Bertz CT molecular complexity index is 1040. The van der Waals surface area contributed by atoms with Crippen molar-refractivity contribution in [3.63, 3.8) is 0 Å². The lowest BCUT2D eigenvalue weighted by atomic mass is 10.2. The number of hydrogen-bond acceptors (Lipinski definition) is 4. The second kappa shape index (κ2) is 9.53. The van der Waals surface area contributed by atoms with Gasteiger partial charge in [-0.15, -0.1) is 0 Å². The number of benzene rings is 2. The maximum absolute atomic E-state index is 12.9. The number of aryl methyl sites for hydroxylation is 1. The van der Waals surface area contributed by atoms with Gasteiger partial charge in [-0.2, -0.15) is 4.31 Å². The molecular formula is C20H24Cl2N3O4S+. The van der Waals surface area contributed by atoms with Crippen LogP contribution in [0, 0.1) is 6.92 Å². The van der Waals surface area contributed by atoms with Crippen LogP contribution in [0.2, 0.25) is 10.0 Å². The van der Waals surface area contributed by atoms with Gasteiger partial charge in [-0.1, -0.05) is 29.3 Å². The third kappa shape index (κ3) is 5.25. The van der Waals surface area contributed by atoms with Crippen molar-refractivity contribution in [2.24, 2.45) is 0 Å². The molecule has 7 nitrogen and oxygen atoms in total. The van der Waals surface area contributed by atoms with E-state index >= 15 is 0 Å². The van der Waals surface area contributed by atoms with Crippen molar-refractivity contribution in [3.8, 4) is 5.75 Å². The fourth-order valence-electron chi connectivity index (χ4n) is 3.37. The molecule has 0 spiro atoms. The minimum atomic E-state index is -3.74. The van der Waals surface area contributed by atoms with E-state index in [1.807, 2.05) is 25.1 Å². The number of halogens is 2. The zero-order valence-electron chi connectivity index (χ0n) is 16.7. The van der Waals surface area contributed by atoms with Crippen LogP contribution in [-0.2, 0) is 14.8 Å². The summed E-state index contributed by atoms with van der Waals surface area (Å²) in [6.45, 7) is 3.78. The van der Waals surface area contributed by atoms with Gasteiger partial charge in [0, 0.05) is 5.02 Å². The molecule has 0 radical (unpaired) electrons. The Morgan fingerprint density at radius 1 is 1.17 bits per heavy atom. The van der Waals surface area contributed by atoms with Crippen LogP contribution in [0.5, 0.6) is 5.75 Å². The lowest BCUT2D eigenvalue weighted by Crippen LogP contribution is -3.15. The van der Waals surface area contributed by atoms with E-state index in [2.05, 4.69) is 5.32 Å². The second-order valence-electron chi connectivity index (χ2n) is 7.16. The summed E-state index contributed by atoms with van der Waals surface area (Å²) in [5.74, 6) is 0.446. The average Bonchev–Trinajstić information content (AvgIpc) is 2.70. The SMILES string of the molecule is COc1ccc(C)cc1NC(=O)C[NH+]1CCN(S(=O)(=O)c2cc(Cl)ccc2Cl)CC1. The average molecular weight is 473 g/mol. The summed E-state index contributed by atoms with van der Waals surface area (Å²) in [6, 6.07) is 9.95. The highest BCUT2D eigenvalue weighted by Crippen LogP contribution is 2.28. The van der Waals surface area contributed by atoms with Crippen LogP contribution in [0.1, 0.15) is 5.56 Å². The molecule has 2 N–H and O–H groups in total. The summed E-state index contributed by atoms with van der Waals surface area (Å²) >= 11 is 12.0. The number of methoxy groups -OCH3 is 1. The quantitative estimate of drug-likeness (QED) is 0.671. The Labute approximate surface area is 186 Å². The fourth-order valence-corrected chi connectivity index (χ4v) is 5.55. The zero-order valence-corrected chi connectivity index (χ0v) is 19.1. The minimum absolute atomic E-state index is 0.00408. The van der Waals surface area contributed by atoms with Crippen LogP contribution in [0.25, 0.3) is 0 Å². The van der Waals surface area contributed by atoms with Gasteiger partial charge in [0.05, 0.1) is 44.0 Å². The number of quaternary nitrogens is 1. The first kappa shape index (κ1) is 22.8. The lowest BCUT2D eigenvalue weighted by molar-refractivity contribution is -0.895. The van der Waals surface area contributed by atoms with Crippen LogP contribution in [-0.4, -0.2) is 58.5 Å². The normalized spacial score (nSPS) is 15.7. The van der Waals surface area contributed by atoms with Crippen molar-refractivity contribution in [1.82, 2.24) is 4.31 Å². The Morgan fingerprint density at radius 3 is 2.53 bits per heavy atom. The van der Waals surface area contributed by atoms with Gasteiger partial charge < -0.3 is 15.0 Å². The van der Waals surface area contributed by atoms with Crippen molar-refractivity contribution in [1.29, 1.82) is 0 Å². The molecule has 3 rings (SSSR count). The highest BCUT2D eigenvalue weighted by atomic mass is 35.5. The molecule has 1 saturated heterocycles. The molecule has 1 fully saturated rings.